The van der Waals surface area contributed by atoms with Gasteiger partial charge < -0.3 is 9.64 Å². The van der Waals surface area contributed by atoms with Gasteiger partial charge in [0.05, 0.1) is 19.3 Å². The number of hydrogen-bond acceptors (Lipinski definition) is 6. The Bertz CT molecular complexity index is 950. The summed E-state index contributed by atoms with van der Waals surface area (Å²) in [5.74, 6) is 0.183. The van der Waals surface area contributed by atoms with Crippen molar-refractivity contribution >= 4 is 11.6 Å². The van der Waals surface area contributed by atoms with Crippen LogP contribution in [0.5, 0.6) is 0 Å². The summed E-state index contributed by atoms with van der Waals surface area (Å²) in [7, 11) is 1.80. The molecule has 1 saturated heterocycles. The zero-order valence-corrected chi connectivity index (χ0v) is 14.1. The van der Waals surface area contributed by atoms with Crippen LogP contribution >= 0.6 is 0 Å². The van der Waals surface area contributed by atoms with Gasteiger partial charge in [0.15, 0.2) is 5.69 Å². The Labute approximate surface area is 146 Å². The quantitative estimate of drug-likeness (QED) is 0.686. The van der Waals surface area contributed by atoms with Crippen molar-refractivity contribution in [1.82, 2.24) is 29.4 Å². The molecular formula is C15H16F3N7O. The summed E-state index contributed by atoms with van der Waals surface area (Å²) in [6, 6.07) is 0.997. The van der Waals surface area contributed by atoms with Gasteiger partial charge in [-0.25, -0.2) is 4.98 Å². The number of morpholine rings is 1. The van der Waals surface area contributed by atoms with E-state index in [-0.39, 0.29) is 11.6 Å². The Hall–Kier alpha value is -2.69. The minimum absolute atomic E-state index is 0.0932. The van der Waals surface area contributed by atoms with E-state index in [4.69, 9.17) is 4.74 Å². The summed E-state index contributed by atoms with van der Waals surface area (Å²) in [5, 5.41) is 8.17. The van der Waals surface area contributed by atoms with Gasteiger partial charge in [-0.1, -0.05) is 0 Å². The second-order valence-corrected chi connectivity index (χ2v) is 6.37. The van der Waals surface area contributed by atoms with Crippen LogP contribution in [-0.2, 0) is 23.6 Å². The van der Waals surface area contributed by atoms with Crippen molar-refractivity contribution in [1.29, 1.82) is 0 Å². The molecule has 138 valence electrons. The number of aromatic nitrogens is 6. The Balaban J connectivity index is 1.76. The fraction of sp³-hybridized carbons (Fsp3) is 0.467. The van der Waals surface area contributed by atoms with Gasteiger partial charge in [-0.3, -0.25) is 4.68 Å². The lowest BCUT2D eigenvalue weighted by molar-refractivity contribution is -0.141. The summed E-state index contributed by atoms with van der Waals surface area (Å²) in [6.45, 7) is 3.01. The van der Waals surface area contributed by atoms with E-state index in [0.717, 1.165) is 11.6 Å². The van der Waals surface area contributed by atoms with Crippen LogP contribution in [0.4, 0.5) is 19.0 Å². The first-order valence-corrected chi connectivity index (χ1v) is 7.92. The molecule has 0 N–H and O–H groups in total. The zero-order chi connectivity index (χ0) is 18.5. The Kier molecular flexibility index (Phi) is 3.65. The highest BCUT2D eigenvalue weighted by Gasteiger charge is 2.38. The lowest BCUT2D eigenvalue weighted by Gasteiger charge is -2.41. The number of ether oxygens (including phenoxy) is 1. The highest BCUT2D eigenvalue weighted by Crippen LogP contribution is 2.34. The molecule has 1 unspecified atom stereocenters. The predicted molar refractivity (Wildman–Crippen MR) is 84.5 cm³/mol. The van der Waals surface area contributed by atoms with Crippen molar-refractivity contribution in [3.8, 4) is 0 Å². The van der Waals surface area contributed by atoms with Crippen molar-refractivity contribution in [3.05, 3.63) is 36.0 Å². The highest BCUT2D eigenvalue weighted by atomic mass is 19.4. The third-order valence-corrected chi connectivity index (χ3v) is 4.44. The largest absolute Gasteiger partial charge is 0.433 e. The van der Waals surface area contributed by atoms with Gasteiger partial charge >= 0.3 is 6.18 Å². The SMILES string of the molecule is Cn1cc(C2(C)CN(c3cc(C(F)(F)F)nc4ncnn34)CCO2)cn1. The van der Waals surface area contributed by atoms with Crippen LogP contribution in [0.25, 0.3) is 5.78 Å². The molecule has 3 aromatic heterocycles. The minimum atomic E-state index is -4.57. The Morgan fingerprint density at radius 3 is 2.77 bits per heavy atom. The number of hydrogen-bond donors (Lipinski definition) is 0. The molecule has 1 aliphatic heterocycles. The molecule has 0 saturated carbocycles. The Morgan fingerprint density at radius 2 is 2.08 bits per heavy atom. The van der Waals surface area contributed by atoms with Crippen LogP contribution in [0.3, 0.4) is 0 Å². The molecule has 0 aliphatic carbocycles. The van der Waals surface area contributed by atoms with E-state index in [1.54, 1.807) is 22.8 Å². The molecule has 0 aromatic carbocycles. The van der Waals surface area contributed by atoms with Crippen LogP contribution in [0.15, 0.2) is 24.8 Å². The number of halogens is 3. The molecule has 3 aromatic rings. The fourth-order valence-electron chi connectivity index (χ4n) is 3.10. The third kappa shape index (κ3) is 2.77. The topological polar surface area (TPSA) is 73.4 Å². The van der Waals surface area contributed by atoms with Crippen LogP contribution < -0.4 is 4.90 Å². The average Bonchev–Trinajstić information content (AvgIpc) is 3.22. The number of alkyl halides is 3. The molecule has 1 atom stereocenters. The van der Waals surface area contributed by atoms with Crippen LogP contribution in [0, 0.1) is 0 Å². The van der Waals surface area contributed by atoms with Crippen LogP contribution in [0.2, 0.25) is 0 Å². The van der Waals surface area contributed by atoms with E-state index >= 15 is 0 Å². The van der Waals surface area contributed by atoms with Gasteiger partial charge in [0.1, 0.15) is 17.7 Å². The van der Waals surface area contributed by atoms with Crippen molar-refractivity contribution in [2.24, 2.45) is 7.05 Å². The molecule has 0 amide bonds. The maximum atomic E-state index is 13.2. The predicted octanol–water partition coefficient (Wildman–Crippen LogP) is 1.63. The van der Waals surface area contributed by atoms with E-state index in [1.165, 1.54) is 10.8 Å². The standard InChI is InChI=1S/C15H16F3N7O/c1-14(10-6-20-23(2)7-10)8-24(3-4-26-14)12-5-11(15(16,17)18)22-13-19-9-21-25(12)13/h5-7,9H,3-4,8H2,1-2H3. The minimum Gasteiger partial charge on any atom is -0.367 e. The van der Waals surface area contributed by atoms with Gasteiger partial charge in [0.2, 0.25) is 0 Å². The van der Waals surface area contributed by atoms with Gasteiger partial charge in [0.25, 0.3) is 5.78 Å². The summed E-state index contributed by atoms with van der Waals surface area (Å²) in [5.41, 5.74) is -0.853. The number of rotatable bonds is 2. The van der Waals surface area contributed by atoms with Gasteiger partial charge in [0, 0.05) is 31.4 Å². The molecular weight excluding hydrogens is 351 g/mol. The van der Waals surface area contributed by atoms with E-state index < -0.39 is 17.5 Å². The van der Waals surface area contributed by atoms with Gasteiger partial charge in [-0.2, -0.15) is 32.9 Å². The van der Waals surface area contributed by atoms with Gasteiger partial charge in [-0.15, -0.1) is 0 Å². The lowest BCUT2D eigenvalue weighted by Crippen LogP contribution is -2.49. The molecule has 4 heterocycles. The lowest BCUT2D eigenvalue weighted by atomic mass is 9.97. The van der Waals surface area contributed by atoms with Crippen LogP contribution in [0.1, 0.15) is 18.2 Å². The fourth-order valence-corrected chi connectivity index (χ4v) is 3.10. The molecule has 1 fully saturated rings. The average molecular weight is 367 g/mol. The van der Waals surface area contributed by atoms with E-state index in [9.17, 15) is 13.2 Å². The first kappa shape index (κ1) is 16.8. The smallest absolute Gasteiger partial charge is 0.367 e. The first-order valence-electron chi connectivity index (χ1n) is 7.92. The zero-order valence-electron chi connectivity index (χ0n) is 14.1. The van der Waals surface area contributed by atoms with Crippen molar-refractivity contribution in [2.75, 3.05) is 24.6 Å². The molecule has 0 spiro atoms. The van der Waals surface area contributed by atoms with E-state index in [0.29, 0.717) is 19.7 Å². The van der Waals surface area contributed by atoms with Crippen molar-refractivity contribution in [2.45, 2.75) is 18.7 Å². The molecule has 0 radical (unpaired) electrons. The normalized spacial score (nSPS) is 21.5. The highest BCUT2D eigenvalue weighted by molar-refractivity contribution is 5.49. The molecule has 1 aliphatic rings. The maximum absolute atomic E-state index is 13.2. The molecule has 8 nitrogen and oxygen atoms in total. The summed E-state index contributed by atoms with van der Waals surface area (Å²) in [6.07, 6.45) is 0.151. The second kappa shape index (κ2) is 5.66. The van der Waals surface area contributed by atoms with Crippen LogP contribution in [-0.4, -0.2) is 49.1 Å². The summed E-state index contributed by atoms with van der Waals surface area (Å²) >= 11 is 0. The number of nitrogens with zero attached hydrogens (tertiary/aromatic N) is 7. The molecule has 11 heteroatoms. The third-order valence-electron chi connectivity index (χ3n) is 4.44. The maximum Gasteiger partial charge on any atom is 0.433 e. The summed E-state index contributed by atoms with van der Waals surface area (Å²) in [4.78, 5) is 9.17. The van der Waals surface area contributed by atoms with E-state index in [1.807, 2.05) is 13.1 Å². The molecule has 0 bridgehead atoms. The molecule has 4 rings (SSSR count). The van der Waals surface area contributed by atoms with E-state index in [2.05, 4.69) is 20.2 Å². The number of aryl methyl sites for hydroxylation is 1. The first-order chi connectivity index (χ1) is 12.3. The Morgan fingerprint density at radius 1 is 1.27 bits per heavy atom. The van der Waals surface area contributed by atoms with Crippen molar-refractivity contribution < 1.29 is 17.9 Å². The van der Waals surface area contributed by atoms with Crippen molar-refractivity contribution in [3.63, 3.8) is 0 Å². The summed E-state index contributed by atoms with van der Waals surface area (Å²) < 4.78 is 48.5. The van der Waals surface area contributed by atoms with Gasteiger partial charge in [-0.05, 0) is 6.92 Å². The monoisotopic (exact) mass is 367 g/mol. The molecule has 26 heavy (non-hydrogen) atoms. The number of fused-ring (bicyclic) bond motifs is 1. The second-order valence-electron chi connectivity index (χ2n) is 6.37. The number of anilines is 1.